The molecule has 1 aliphatic heterocycles. The van der Waals surface area contributed by atoms with Crippen molar-refractivity contribution in [1.29, 1.82) is 0 Å². The Balaban J connectivity index is 1.21. The van der Waals surface area contributed by atoms with Gasteiger partial charge in [-0.15, -0.1) is 0 Å². The number of rotatable bonds is 8. The topological polar surface area (TPSA) is 46.8 Å². The van der Waals surface area contributed by atoms with Crippen molar-refractivity contribution in [3.05, 3.63) is 113 Å². The first-order chi connectivity index (χ1) is 21.1. The van der Waals surface area contributed by atoms with Crippen LogP contribution in [0.15, 0.2) is 113 Å². The number of allylic oxidation sites excluding steroid dienone is 5. The molecule has 0 spiro atoms. The lowest BCUT2D eigenvalue weighted by atomic mass is 9.77. The number of unbranched alkanes of at least 4 members (excludes halogenated alkanes) is 3. The summed E-state index contributed by atoms with van der Waals surface area (Å²) >= 11 is 0. The van der Waals surface area contributed by atoms with Crippen molar-refractivity contribution < 1.29 is 9.63 Å². The minimum absolute atomic E-state index is 0.348. The highest BCUT2D eigenvalue weighted by Crippen LogP contribution is 2.41. The third-order valence-corrected chi connectivity index (χ3v) is 9.50. The van der Waals surface area contributed by atoms with Crippen LogP contribution in [0.1, 0.15) is 63.9 Å². The van der Waals surface area contributed by atoms with Crippen molar-refractivity contribution in [2.24, 2.45) is 11.1 Å². The molecule has 0 saturated carbocycles. The van der Waals surface area contributed by atoms with E-state index in [2.05, 4.69) is 83.2 Å². The van der Waals surface area contributed by atoms with E-state index in [1.165, 1.54) is 64.4 Å². The van der Waals surface area contributed by atoms with Crippen molar-refractivity contribution in [3.63, 3.8) is 0 Å². The van der Waals surface area contributed by atoms with Gasteiger partial charge in [-0.3, -0.25) is 0 Å². The van der Waals surface area contributed by atoms with Gasteiger partial charge in [-0.25, -0.2) is 4.79 Å². The van der Waals surface area contributed by atoms with E-state index in [1.807, 2.05) is 30.3 Å². The molecule has 0 bridgehead atoms. The molecule has 0 radical (unpaired) electrons. The number of carbonyl (C=O) groups excluding carboxylic acids is 1. The highest BCUT2D eigenvalue weighted by Gasteiger charge is 2.33. The third kappa shape index (κ3) is 5.11. The molecule has 2 aliphatic carbocycles. The Morgan fingerprint density at radius 2 is 1.67 bits per heavy atom. The Morgan fingerprint density at radius 1 is 0.884 bits per heavy atom. The summed E-state index contributed by atoms with van der Waals surface area (Å²) in [4.78, 5) is 20.3. The second kappa shape index (κ2) is 11.7. The minimum atomic E-state index is -0.348. The number of carbonyl (C=O) groups is 1. The summed E-state index contributed by atoms with van der Waals surface area (Å²) in [7, 11) is 2.19. The number of oxime groups is 1. The predicted molar refractivity (Wildman–Crippen MR) is 176 cm³/mol. The van der Waals surface area contributed by atoms with E-state index >= 15 is 0 Å². The molecular formula is C38H39N3O2. The zero-order valence-corrected chi connectivity index (χ0v) is 25.2. The van der Waals surface area contributed by atoms with E-state index in [4.69, 9.17) is 4.84 Å². The van der Waals surface area contributed by atoms with Crippen LogP contribution in [0.5, 0.6) is 0 Å². The summed E-state index contributed by atoms with van der Waals surface area (Å²) < 4.78 is 2.51. The third-order valence-electron chi connectivity index (χ3n) is 9.50. The monoisotopic (exact) mass is 569 g/mol. The molecule has 1 unspecified atom stereocenters. The van der Waals surface area contributed by atoms with Gasteiger partial charge in [0.05, 0.1) is 5.57 Å². The van der Waals surface area contributed by atoms with Gasteiger partial charge < -0.3 is 14.3 Å². The molecule has 218 valence electrons. The van der Waals surface area contributed by atoms with E-state index in [9.17, 15) is 4.79 Å². The van der Waals surface area contributed by atoms with E-state index < -0.39 is 0 Å². The molecule has 43 heavy (non-hydrogen) atoms. The number of aromatic nitrogens is 1. The van der Waals surface area contributed by atoms with Crippen molar-refractivity contribution in [2.45, 2.75) is 64.8 Å². The summed E-state index contributed by atoms with van der Waals surface area (Å²) in [5, 5.41) is 6.80. The van der Waals surface area contributed by atoms with Gasteiger partial charge in [0, 0.05) is 52.3 Å². The molecule has 7 rings (SSSR count). The normalized spacial score (nSPS) is 20.1. The lowest BCUT2D eigenvalue weighted by Crippen LogP contribution is -2.23. The van der Waals surface area contributed by atoms with Gasteiger partial charge in [0.2, 0.25) is 0 Å². The molecule has 5 heteroatoms. The number of fused-ring (bicyclic) bond motifs is 4. The molecular weight excluding hydrogens is 530 g/mol. The van der Waals surface area contributed by atoms with E-state index in [-0.39, 0.29) is 5.97 Å². The predicted octanol–water partition coefficient (Wildman–Crippen LogP) is 9.08. The molecule has 2 heterocycles. The van der Waals surface area contributed by atoms with Gasteiger partial charge in [0.15, 0.2) is 0 Å². The van der Waals surface area contributed by atoms with Gasteiger partial charge in [0.25, 0.3) is 0 Å². The van der Waals surface area contributed by atoms with Gasteiger partial charge in [-0.1, -0.05) is 85.9 Å². The van der Waals surface area contributed by atoms with Crippen LogP contribution in [0, 0.1) is 5.92 Å². The van der Waals surface area contributed by atoms with Crippen molar-refractivity contribution in [1.82, 2.24) is 4.57 Å². The van der Waals surface area contributed by atoms with Crippen LogP contribution in [0.3, 0.4) is 0 Å². The number of aryl methyl sites for hydroxylation is 1. The summed E-state index contributed by atoms with van der Waals surface area (Å²) in [5.41, 5.74) is 9.66. The van der Waals surface area contributed by atoms with E-state index in [0.29, 0.717) is 17.2 Å². The molecule has 4 aromatic rings. The zero-order chi connectivity index (χ0) is 29.3. The van der Waals surface area contributed by atoms with Gasteiger partial charge in [-0.05, 0) is 79.5 Å². The van der Waals surface area contributed by atoms with Crippen molar-refractivity contribution in [2.75, 3.05) is 11.9 Å². The van der Waals surface area contributed by atoms with Crippen LogP contribution < -0.4 is 4.90 Å². The van der Waals surface area contributed by atoms with Gasteiger partial charge in [-0.2, -0.15) is 0 Å². The number of hydrogen-bond acceptors (Lipinski definition) is 4. The van der Waals surface area contributed by atoms with Gasteiger partial charge in [0.1, 0.15) is 5.71 Å². The lowest BCUT2D eigenvalue weighted by molar-refractivity contribution is -0.136. The quantitative estimate of drug-likeness (QED) is 0.121. The van der Waals surface area contributed by atoms with E-state index in [0.717, 1.165) is 43.4 Å². The molecule has 1 atom stereocenters. The van der Waals surface area contributed by atoms with Crippen LogP contribution in [-0.2, 0) is 16.2 Å². The first-order valence-electron chi connectivity index (χ1n) is 15.9. The minimum Gasteiger partial charge on any atom is -0.348 e. The number of anilines is 1. The van der Waals surface area contributed by atoms with Crippen molar-refractivity contribution in [3.8, 4) is 0 Å². The zero-order valence-electron chi connectivity index (χ0n) is 25.2. The first kappa shape index (κ1) is 27.5. The Hall–Kier alpha value is -4.38. The molecule has 3 aromatic carbocycles. The van der Waals surface area contributed by atoms with Crippen LogP contribution in [-0.4, -0.2) is 23.3 Å². The van der Waals surface area contributed by atoms with Crippen LogP contribution >= 0.6 is 0 Å². The molecule has 3 aliphatic rings. The fourth-order valence-corrected chi connectivity index (χ4v) is 7.11. The highest BCUT2D eigenvalue weighted by atomic mass is 16.7. The Kier molecular flexibility index (Phi) is 7.48. The standard InChI is InChI=1S/C38H39N3O2/c1-3-4-5-11-22-41-34-15-10-9-14-32(34)33-25-31(20-21-35(33)41)40(2)30-19-18-26-16-17-28(23-29(26)24-30)36-37(39-43-38(36)42)27-12-7-6-8-13-27/h6-10,12-15,20-21,23-26H,3-5,11,16-19,22H2,1-2H3/b36-28-. The van der Waals surface area contributed by atoms with Crippen LogP contribution in [0.2, 0.25) is 0 Å². The summed E-state index contributed by atoms with van der Waals surface area (Å²) in [5.74, 6) is 0.170. The SMILES string of the molecule is CCCCCCn1c2ccccc2c2cc(N(C)C3=CC4=C/C(=C5\C(=O)ON=C5c5ccccc5)CCC4CC3)ccc21. The maximum absolute atomic E-state index is 12.8. The Morgan fingerprint density at radius 3 is 2.53 bits per heavy atom. The second-order valence-electron chi connectivity index (χ2n) is 12.1. The molecule has 0 N–H and O–H groups in total. The number of hydrogen-bond donors (Lipinski definition) is 0. The summed E-state index contributed by atoms with van der Waals surface area (Å²) in [6.45, 7) is 3.32. The van der Waals surface area contributed by atoms with Crippen LogP contribution in [0.25, 0.3) is 21.8 Å². The fourth-order valence-electron chi connectivity index (χ4n) is 7.11. The van der Waals surface area contributed by atoms with Crippen molar-refractivity contribution >= 4 is 39.2 Å². The molecule has 0 amide bonds. The second-order valence-corrected chi connectivity index (χ2v) is 12.1. The summed E-state index contributed by atoms with van der Waals surface area (Å²) in [6, 6.07) is 25.6. The lowest BCUT2D eigenvalue weighted by Gasteiger charge is -2.33. The van der Waals surface area contributed by atoms with Gasteiger partial charge >= 0.3 is 5.97 Å². The molecule has 1 aromatic heterocycles. The van der Waals surface area contributed by atoms with E-state index in [1.54, 1.807) is 0 Å². The average Bonchev–Trinajstić information content (AvgIpc) is 3.60. The fraction of sp³-hybridized carbons (Fsp3) is 0.316. The molecule has 0 saturated heterocycles. The first-order valence-corrected chi connectivity index (χ1v) is 15.9. The highest BCUT2D eigenvalue weighted by molar-refractivity contribution is 6.29. The molecule has 0 fully saturated rings. The largest absolute Gasteiger partial charge is 0.368 e. The Labute approximate surface area is 253 Å². The number of nitrogens with zero attached hydrogens (tertiary/aromatic N) is 3. The molecule has 5 nitrogen and oxygen atoms in total. The smallest absolute Gasteiger partial charge is 0.348 e. The maximum atomic E-state index is 12.8. The van der Waals surface area contributed by atoms with Crippen LogP contribution in [0.4, 0.5) is 5.69 Å². The Bertz CT molecular complexity index is 1820. The number of para-hydroxylation sites is 1. The summed E-state index contributed by atoms with van der Waals surface area (Å²) in [6.07, 6.45) is 13.7. The maximum Gasteiger partial charge on any atom is 0.368 e. The number of benzene rings is 3. The average molecular weight is 570 g/mol.